The molecule has 1 aromatic rings. The molecule has 0 saturated carbocycles. The van der Waals surface area contributed by atoms with E-state index in [1.54, 1.807) is 52.0 Å². The van der Waals surface area contributed by atoms with Crippen LogP contribution in [0.2, 0.25) is 18.1 Å². The summed E-state index contributed by atoms with van der Waals surface area (Å²) in [7, 11) is -2.06. The second-order valence-electron chi connectivity index (χ2n) is 8.96. The average Bonchev–Trinajstić information content (AvgIpc) is 2.81. The topological polar surface area (TPSA) is 69.4 Å². The van der Waals surface area contributed by atoms with E-state index < -0.39 is 19.6 Å². The minimum absolute atomic E-state index is 0.00686. The summed E-state index contributed by atoms with van der Waals surface area (Å²) in [4.78, 5) is 24.7. The van der Waals surface area contributed by atoms with E-state index in [2.05, 4.69) is 39.0 Å². The molecular formula is C20H31NO4Si. The minimum atomic E-state index is -2.06. The van der Waals surface area contributed by atoms with Crippen LogP contribution in [0.25, 0.3) is 6.08 Å². The van der Waals surface area contributed by atoms with Crippen LogP contribution in [0.15, 0.2) is 22.8 Å². The molecule has 1 aromatic heterocycles. The first-order chi connectivity index (χ1) is 11.7. The first-order valence-corrected chi connectivity index (χ1v) is 11.8. The van der Waals surface area contributed by atoms with E-state index in [0.717, 1.165) is 0 Å². The van der Waals surface area contributed by atoms with Gasteiger partial charge in [0, 0.05) is 0 Å². The number of aromatic nitrogens is 1. The second-order valence-corrected chi connectivity index (χ2v) is 14.2. The quantitative estimate of drug-likeness (QED) is 0.308. The highest BCUT2D eigenvalue weighted by Gasteiger charge is 2.40. The Morgan fingerprint density at radius 2 is 1.65 bits per heavy atom. The van der Waals surface area contributed by atoms with Gasteiger partial charge >= 0.3 is 5.97 Å². The van der Waals surface area contributed by atoms with Gasteiger partial charge in [-0.2, -0.15) is 0 Å². The third-order valence-electron chi connectivity index (χ3n) is 4.61. The summed E-state index contributed by atoms with van der Waals surface area (Å²) in [6.07, 6.45) is 6.75. The molecule has 0 spiro atoms. The van der Waals surface area contributed by atoms with Crippen LogP contribution in [0.1, 0.15) is 63.4 Å². The molecule has 1 heterocycles. The lowest BCUT2D eigenvalue weighted by Gasteiger charge is -2.34. The molecule has 5 nitrogen and oxygen atoms in total. The molecule has 0 aromatic carbocycles. The summed E-state index contributed by atoms with van der Waals surface area (Å²) in [6.45, 7) is 17.6. The summed E-state index contributed by atoms with van der Waals surface area (Å²) < 4.78 is 10.5. The Morgan fingerprint density at radius 1 is 1.08 bits per heavy atom. The van der Waals surface area contributed by atoms with E-state index in [1.807, 2.05) is 0 Å². The highest BCUT2D eigenvalue weighted by atomic mass is 28.3. The number of hydrogen-bond donors (Lipinski definition) is 0. The van der Waals surface area contributed by atoms with Crippen LogP contribution >= 0.6 is 0 Å². The molecule has 0 aliphatic rings. The molecule has 144 valence electrons. The molecule has 0 atom stereocenters. The lowest BCUT2D eigenvalue weighted by molar-refractivity contribution is -0.108. The van der Waals surface area contributed by atoms with Crippen LogP contribution in [0.5, 0.6) is 0 Å². The maximum absolute atomic E-state index is 12.5. The van der Waals surface area contributed by atoms with Crippen molar-refractivity contribution in [1.29, 1.82) is 0 Å². The van der Waals surface area contributed by atoms with Gasteiger partial charge in [0.05, 0.1) is 5.56 Å². The lowest BCUT2D eigenvalue weighted by atomic mass is 10.1. The molecule has 0 aliphatic carbocycles. The predicted octanol–water partition coefficient (Wildman–Crippen LogP) is 5.12. The van der Waals surface area contributed by atoms with Crippen LogP contribution < -0.4 is 0 Å². The Hall–Kier alpha value is -1.95. The van der Waals surface area contributed by atoms with E-state index in [1.165, 1.54) is 0 Å². The highest BCUT2D eigenvalue weighted by molar-refractivity contribution is 7.07. The molecule has 0 N–H and O–H groups in total. The molecule has 0 fully saturated rings. The zero-order valence-electron chi connectivity index (χ0n) is 17.4. The van der Waals surface area contributed by atoms with Crippen LogP contribution in [0.3, 0.4) is 0 Å². The van der Waals surface area contributed by atoms with Gasteiger partial charge in [0.15, 0.2) is 5.69 Å². The van der Waals surface area contributed by atoms with Crippen molar-refractivity contribution in [2.75, 3.05) is 0 Å². The first kappa shape index (κ1) is 22.1. The molecular weight excluding hydrogens is 346 g/mol. The fraction of sp³-hybridized carbons (Fsp3) is 0.550. The van der Waals surface area contributed by atoms with Gasteiger partial charge in [-0.15, -0.1) is 0 Å². The molecule has 0 unspecified atom stereocenters. The van der Waals surface area contributed by atoms with Gasteiger partial charge in [-0.1, -0.05) is 51.2 Å². The van der Waals surface area contributed by atoms with Gasteiger partial charge in [0.1, 0.15) is 24.8 Å². The highest BCUT2D eigenvalue weighted by Crippen LogP contribution is 2.36. The Balaban J connectivity index is 2.95. The molecule has 0 bridgehead atoms. The zero-order valence-corrected chi connectivity index (χ0v) is 18.4. The lowest BCUT2D eigenvalue weighted by Crippen LogP contribution is -2.45. The summed E-state index contributed by atoms with van der Waals surface area (Å²) in [5.74, 6) is -0.0124. The van der Waals surface area contributed by atoms with Gasteiger partial charge in [0.25, 0.3) is 0 Å². The largest absolute Gasteiger partial charge is 0.455 e. The number of nitrogens with zero attached hydrogens (tertiary/aromatic N) is 1. The number of ether oxygens (including phenoxy) is 1. The molecule has 0 aliphatic heterocycles. The number of hydrogen-bond acceptors (Lipinski definition) is 5. The van der Waals surface area contributed by atoms with Crippen molar-refractivity contribution in [3.63, 3.8) is 0 Å². The van der Waals surface area contributed by atoms with Gasteiger partial charge in [0.2, 0.25) is 0 Å². The normalized spacial score (nSPS) is 13.6. The predicted molar refractivity (Wildman–Crippen MR) is 107 cm³/mol. The maximum atomic E-state index is 12.5. The Kier molecular flexibility index (Phi) is 6.57. The van der Waals surface area contributed by atoms with Crippen molar-refractivity contribution in [3.8, 4) is 0 Å². The minimum Gasteiger partial charge on any atom is -0.455 e. The molecule has 26 heavy (non-hydrogen) atoms. The van der Waals surface area contributed by atoms with Gasteiger partial charge in [-0.3, -0.25) is 0 Å². The number of aryl methyl sites for hydroxylation is 1. The maximum Gasteiger partial charge on any atom is 0.361 e. The van der Waals surface area contributed by atoms with Crippen LogP contribution in [-0.4, -0.2) is 30.2 Å². The van der Waals surface area contributed by atoms with Crippen LogP contribution in [-0.2, 0) is 9.53 Å². The Labute approximate surface area is 157 Å². The third kappa shape index (κ3) is 5.52. The van der Waals surface area contributed by atoms with Crippen molar-refractivity contribution < 1.29 is 18.8 Å². The number of rotatable bonds is 5. The standard InChI is InChI=1S/C20H31NO4Si/c1-14-15(17(21-25-14)18(23)24-19(2,3)4)12-10-11-13-16(22)26(8,9)20(5,6)7/h10-13H,1-9H3/b12-10+,13-11+. The molecule has 0 saturated heterocycles. The first-order valence-electron chi connectivity index (χ1n) is 8.75. The van der Waals surface area contributed by atoms with Gasteiger partial charge in [-0.05, 0) is 44.9 Å². The Morgan fingerprint density at radius 3 is 2.15 bits per heavy atom. The van der Waals surface area contributed by atoms with Crippen molar-refractivity contribution in [2.45, 2.75) is 72.2 Å². The van der Waals surface area contributed by atoms with Gasteiger partial charge < -0.3 is 14.1 Å². The monoisotopic (exact) mass is 377 g/mol. The van der Waals surface area contributed by atoms with Crippen molar-refractivity contribution >= 4 is 25.5 Å². The number of allylic oxidation sites excluding steroid dienone is 3. The Bertz CT molecular complexity index is 728. The van der Waals surface area contributed by atoms with E-state index in [0.29, 0.717) is 11.3 Å². The van der Waals surface area contributed by atoms with Crippen molar-refractivity contribution in [3.05, 3.63) is 35.2 Å². The summed E-state index contributed by atoms with van der Waals surface area (Å²) >= 11 is 0. The van der Waals surface area contributed by atoms with E-state index in [-0.39, 0.29) is 16.1 Å². The fourth-order valence-corrected chi connectivity index (χ4v) is 3.17. The van der Waals surface area contributed by atoms with E-state index in [9.17, 15) is 9.59 Å². The second kappa shape index (κ2) is 7.74. The molecule has 6 heteroatoms. The number of esters is 1. The van der Waals surface area contributed by atoms with Crippen LogP contribution in [0, 0.1) is 6.92 Å². The number of carbonyl (C=O) groups excluding carboxylic acids is 2. The summed E-state index contributed by atoms with van der Waals surface area (Å²) in [5, 5.41) is 3.98. The third-order valence-corrected chi connectivity index (χ3v) is 9.76. The van der Waals surface area contributed by atoms with Crippen molar-refractivity contribution in [1.82, 2.24) is 5.16 Å². The fourth-order valence-electron chi connectivity index (χ4n) is 1.92. The van der Waals surface area contributed by atoms with Crippen molar-refractivity contribution in [2.24, 2.45) is 0 Å². The molecule has 0 radical (unpaired) electrons. The summed E-state index contributed by atoms with van der Waals surface area (Å²) in [5.41, 5.74) is 0.0851. The van der Waals surface area contributed by atoms with Gasteiger partial charge in [-0.25, -0.2) is 4.79 Å². The van der Waals surface area contributed by atoms with E-state index >= 15 is 0 Å². The van der Waals surface area contributed by atoms with Crippen LogP contribution in [0.4, 0.5) is 0 Å². The molecule has 0 amide bonds. The zero-order chi connectivity index (χ0) is 20.3. The summed E-state index contributed by atoms with van der Waals surface area (Å²) in [6, 6.07) is 0. The SMILES string of the molecule is Cc1onc(C(=O)OC(C)(C)C)c1/C=C/C=C/C(=O)[Si](C)(C)C(C)(C)C. The van der Waals surface area contributed by atoms with E-state index in [4.69, 9.17) is 9.26 Å². The smallest absolute Gasteiger partial charge is 0.361 e. The molecule has 1 rings (SSSR count). The average molecular weight is 378 g/mol. The number of carbonyl (C=O) groups is 2.